The molecule has 0 N–H and O–H groups in total. The summed E-state index contributed by atoms with van der Waals surface area (Å²) in [5.41, 5.74) is 6.17. The Labute approximate surface area is 160 Å². The molecule has 0 saturated heterocycles. The lowest BCUT2D eigenvalue weighted by Crippen LogP contribution is -2.35. The van der Waals surface area contributed by atoms with Crippen molar-refractivity contribution < 1.29 is 4.39 Å². The monoisotopic (exact) mass is 373 g/mol. The van der Waals surface area contributed by atoms with Gasteiger partial charge in [-0.25, -0.2) is 9.37 Å². The molecule has 0 spiro atoms. The van der Waals surface area contributed by atoms with E-state index >= 15 is 0 Å². The van der Waals surface area contributed by atoms with E-state index in [2.05, 4.69) is 43.2 Å². The molecule has 1 aliphatic heterocycles. The molecule has 5 heteroatoms. The molecule has 26 heavy (non-hydrogen) atoms. The third kappa shape index (κ3) is 2.67. The topological polar surface area (TPSA) is 21.1 Å². The molecular formula is C21H25ClFN3. The summed E-state index contributed by atoms with van der Waals surface area (Å²) in [6.45, 7) is 10.5. The number of nitrogens with zero attached hydrogens (tertiary/aromatic N) is 3. The molecule has 2 aromatic heterocycles. The van der Waals surface area contributed by atoms with Crippen LogP contribution in [-0.2, 0) is 13.0 Å². The molecule has 0 fully saturated rings. The second-order valence-electron chi connectivity index (χ2n) is 6.95. The van der Waals surface area contributed by atoms with E-state index in [1.165, 1.54) is 27.7 Å². The van der Waals surface area contributed by atoms with Gasteiger partial charge in [-0.3, -0.25) is 0 Å². The minimum Gasteiger partial charge on any atom is -0.348 e. The van der Waals surface area contributed by atoms with Gasteiger partial charge in [0.25, 0.3) is 0 Å². The zero-order valence-corrected chi connectivity index (χ0v) is 16.5. The van der Waals surface area contributed by atoms with Gasteiger partial charge < -0.3 is 9.47 Å². The number of rotatable bonds is 2. The van der Waals surface area contributed by atoms with Crippen molar-refractivity contribution in [1.29, 1.82) is 0 Å². The van der Waals surface area contributed by atoms with E-state index in [9.17, 15) is 4.39 Å². The summed E-state index contributed by atoms with van der Waals surface area (Å²) in [5.74, 6) is 0.892. The van der Waals surface area contributed by atoms with E-state index in [4.69, 9.17) is 4.98 Å². The van der Waals surface area contributed by atoms with Crippen molar-refractivity contribution in [2.45, 2.75) is 46.7 Å². The van der Waals surface area contributed by atoms with E-state index in [-0.39, 0.29) is 24.3 Å². The molecule has 0 amide bonds. The SMILES string of the molecule is CCn1c(C)c(C)c2ccnc(N3CCc4cc(F)ccc4C3C)c21.Cl. The summed E-state index contributed by atoms with van der Waals surface area (Å²) >= 11 is 0. The van der Waals surface area contributed by atoms with Crippen LogP contribution in [0.25, 0.3) is 10.9 Å². The highest BCUT2D eigenvalue weighted by molar-refractivity contribution is 5.93. The first-order valence-corrected chi connectivity index (χ1v) is 9.02. The van der Waals surface area contributed by atoms with E-state index < -0.39 is 0 Å². The van der Waals surface area contributed by atoms with Crippen molar-refractivity contribution in [2.75, 3.05) is 11.4 Å². The van der Waals surface area contributed by atoms with Gasteiger partial charge in [-0.05, 0) is 69.0 Å². The van der Waals surface area contributed by atoms with Crippen LogP contribution >= 0.6 is 12.4 Å². The molecule has 3 aromatic rings. The number of hydrogen-bond acceptors (Lipinski definition) is 2. The van der Waals surface area contributed by atoms with Crippen LogP contribution in [0, 0.1) is 19.7 Å². The number of pyridine rings is 1. The Morgan fingerprint density at radius 1 is 1.23 bits per heavy atom. The highest BCUT2D eigenvalue weighted by Gasteiger charge is 2.28. The second kappa shape index (κ2) is 6.92. The predicted molar refractivity (Wildman–Crippen MR) is 108 cm³/mol. The quantitative estimate of drug-likeness (QED) is 0.603. The first-order chi connectivity index (χ1) is 12.0. The van der Waals surface area contributed by atoms with Crippen molar-refractivity contribution in [3.8, 4) is 0 Å². The zero-order chi connectivity index (χ0) is 17.7. The molecule has 0 saturated carbocycles. The number of halogens is 2. The standard InChI is InChI=1S/C21H24FN3.ClH/c1-5-24-14(3)13(2)18-8-10-23-21(20(18)24)25-11-9-16-12-17(22)6-7-19(16)15(25)4;/h6-8,10,12,15H,5,9,11H2,1-4H3;1H. The van der Waals surface area contributed by atoms with E-state index in [0.29, 0.717) is 0 Å². The maximum Gasteiger partial charge on any atom is 0.153 e. The smallest absolute Gasteiger partial charge is 0.153 e. The maximum absolute atomic E-state index is 13.6. The Kier molecular flexibility index (Phi) is 4.98. The number of anilines is 1. The van der Waals surface area contributed by atoms with Gasteiger partial charge in [0.2, 0.25) is 0 Å². The van der Waals surface area contributed by atoms with Gasteiger partial charge in [0.15, 0.2) is 5.82 Å². The number of fused-ring (bicyclic) bond motifs is 2. The number of aryl methyl sites for hydroxylation is 2. The highest BCUT2D eigenvalue weighted by atomic mass is 35.5. The van der Waals surface area contributed by atoms with Crippen LogP contribution in [0.15, 0.2) is 30.5 Å². The van der Waals surface area contributed by atoms with E-state index in [0.717, 1.165) is 30.9 Å². The average Bonchev–Trinajstić information content (AvgIpc) is 2.86. The summed E-state index contributed by atoms with van der Waals surface area (Å²) in [6.07, 6.45) is 2.76. The van der Waals surface area contributed by atoms with Crippen LogP contribution in [-0.4, -0.2) is 16.1 Å². The third-order valence-corrected chi connectivity index (χ3v) is 5.76. The number of hydrogen-bond donors (Lipinski definition) is 0. The van der Waals surface area contributed by atoms with E-state index in [1.807, 2.05) is 12.3 Å². The van der Waals surface area contributed by atoms with Gasteiger partial charge in [0.1, 0.15) is 5.82 Å². The van der Waals surface area contributed by atoms with Crippen molar-refractivity contribution in [2.24, 2.45) is 0 Å². The Hall–Kier alpha value is -2.07. The van der Waals surface area contributed by atoms with Gasteiger partial charge in [0.05, 0.1) is 11.6 Å². The molecule has 4 rings (SSSR count). The molecular weight excluding hydrogens is 349 g/mol. The second-order valence-corrected chi connectivity index (χ2v) is 6.95. The molecule has 0 bridgehead atoms. The van der Waals surface area contributed by atoms with Gasteiger partial charge in [-0.2, -0.15) is 0 Å². The molecule has 138 valence electrons. The van der Waals surface area contributed by atoms with Gasteiger partial charge >= 0.3 is 0 Å². The van der Waals surface area contributed by atoms with Crippen LogP contribution < -0.4 is 4.90 Å². The van der Waals surface area contributed by atoms with Crippen molar-refractivity contribution in [1.82, 2.24) is 9.55 Å². The van der Waals surface area contributed by atoms with Crippen LogP contribution in [0.2, 0.25) is 0 Å². The number of aromatic nitrogens is 2. The Morgan fingerprint density at radius 2 is 2.00 bits per heavy atom. The Morgan fingerprint density at radius 3 is 2.73 bits per heavy atom. The lowest BCUT2D eigenvalue weighted by atomic mass is 9.93. The summed E-state index contributed by atoms with van der Waals surface area (Å²) in [5, 5.41) is 1.28. The fraction of sp³-hybridized carbons (Fsp3) is 0.381. The largest absolute Gasteiger partial charge is 0.348 e. The lowest BCUT2D eigenvalue weighted by Gasteiger charge is -2.36. The van der Waals surface area contributed by atoms with Crippen molar-refractivity contribution >= 4 is 29.1 Å². The summed E-state index contributed by atoms with van der Waals surface area (Å²) in [7, 11) is 0. The normalized spacial score (nSPS) is 16.5. The van der Waals surface area contributed by atoms with Gasteiger partial charge in [-0.15, -0.1) is 12.4 Å². The molecule has 1 unspecified atom stereocenters. The fourth-order valence-corrected chi connectivity index (χ4v) is 4.27. The van der Waals surface area contributed by atoms with Crippen LogP contribution in [0.5, 0.6) is 0 Å². The first kappa shape index (κ1) is 18.7. The van der Waals surface area contributed by atoms with Crippen molar-refractivity contribution in [3.63, 3.8) is 0 Å². The van der Waals surface area contributed by atoms with Crippen LogP contribution in [0.4, 0.5) is 10.2 Å². The summed E-state index contributed by atoms with van der Waals surface area (Å²) < 4.78 is 15.9. The lowest BCUT2D eigenvalue weighted by molar-refractivity contribution is 0.594. The first-order valence-electron chi connectivity index (χ1n) is 9.02. The van der Waals surface area contributed by atoms with Crippen LogP contribution in [0.3, 0.4) is 0 Å². The minimum absolute atomic E-state index is 0. The third-order valence-electron chi connectivity index (χ3n) is 5.76. The molecule has 1 aromatic carbocycles. The van der Waals surface area contributed by atoms with Crippen LogP contribution in [0.1, 0.15) is 42.3 Å². The summed E-state index contributed by atoms with van der Waals surface area (Å²) in [4.78, 5) is 7.13. The maximum atomic E-state index is 13.6. The van der Waals surface area contributed by atoms with Crippen molar-refractivity contribution in [3.05, 3.63) is 58.7 Å². The Bertz CT molecular complexity index is 964. The van der Waals surface area contributed by atoms with Gasteiger partial charge in [0, 0.05) is 30.4 Å². The average molecular weight is 374 g/mol. The molecule has 1 aliphatic rings. The predicted octanol–water partition coefficient (Wildman–Crippen LogP) is 5.36. The Balaban J connectivity index is 0.00000196. The molecule has 1 atom stereocenters. The molecule has 3 heterocycles. The minimum atomic E-state index is -0.147. The fourth-order valence-electron chi connectivity index (χ4n) is 4.27. The highest BCUT2D eigenvalue weighted by Crippen LogP contribution is 2.38. The number of benzene rings is 1. The summed E-state index contributed by atoms with van der Waals surface area (Å²) in [6, 6.07) is 7.47. The van der Waals surface area contributed by atoms with E-state index in [1.54, 1.807) is 12.1 Å². The zero-order valence-electron chi connectivity index (χ0n) is 15.7. The molecule has 0 aliphatic carbocycles. The molecule has 3 nitrogen and oxygen atoms in total. The van der Waals surface area contributed by atoms with Gasteiger partial charge in [-0.1, -0.05) is 6.07 Å². The molecule has 0 radical (unpaired) electrons.